The molecule has 0 heterocycles. The van der Waals surface area contributed by atoms with Crippen LogP contribution in [0.25, 0.3) is 0 Å². The molecule has 0 radical (unpaired) electrons. The van der Waals surface area contributed by atoms with Crippen molar-refractivity contribution in [2.24, 2.45) is 50.2 Å². The number of rotatable bonds is 2. The zero-order chi connectivity index (χ0) is 29.4. The van der Waals surface area contributed by atoms with Crippen LogP contribution in [0.5, 0.6) is 0 Å². The number of carbonyl (C=O) groups is 1. The van der Waals surface area contributed by atoms with Gasteiger partial charge in [-0.25, -0.2) is 0 Å². The molecule has 5 aliphatic carbocycles. The Morgan fingerprint density at radius 1 is 0.923 bits per heavy atom. The summed E-state index contributed by atoms with van der Waals surface area (Å²) < 4.78 is 5.40. The van der Waals surface area contributed by atoms with E-state index in [-0.39, 0.29) is 52.0 Å². The van der Waals surface area contributed by atoms with Crippen molar-refractivity contribution < 1.29 is 30.0 Å². The normalized spacial score (nSPS) is 52.0. The zero-order valence-electron chi connectivity index (χ0n) is 26.0. The van der Waals surface area contributed by atoms with Crippen LogP contribution in [0.1, 0.15) is 107 Å². The first kappa shape index (κ1) is 31.0. The molecule has 39 heavy (non-hydrogen) atoms. The summed E-state index contributed by atoms with van der Waals surface area (Å²) in [6.07, 6.45) is 6.23. The summed E-state index contributed by atoms with van der Waals surface area (Å²) in [4.78, 5) is 13.4. The summed E-state index contributed by atoms with van der Waals surface area (Å²) in [5.74, 6) is -0.0647. The summed E-state index contributed by atoms with van der Waals surface area (Å²) in [5, 5.41) is 44.3. The Morgan fingerprint density at radius 3 is 2.13 bits per heavy atom. The van der Waals surface area contributed by atoms with Crippen LogP contribution >= 0.6 is 0 Å². The molecule has 0 aliphatic heterocycles. The lowest BCUT2D eigenvalue weighted by atomic mass is 9.33. The third kappa shape index (κ3) is 3.83. The molecular formula is C33H56O6. The molecule has 3 unspecified atom stereocenters. The Kier molecular flexibility index (Phi) is 7.80. The highest BCUT2D eigenvalue weighted by Gasteiger charge is 2.71. The van der Waals surface area contributed by atoms with Crippen LogP contribution in [-0.4, -0.2) is 58.4 Å². The molecule has 4 N–H and O–H groups in total. The molecule has 11 atom stereocenters. The van der Waals surface area contributed by atoms with Crippen LogP contribution in [0, 0.1) is 50.2 Å². The number of hydrogen-bond donors (Lipinski definition) is 4. The molecule has 0 amide bonds. The predicted octanol–water partition coefficient (Wildman–Crippen LogP) is 5.26. The molecule has 6 heteroatoms. The molecule has 0 aromatic rings. The van der Waals surface area contributed by atoms with Crippen molar-refractivity contribution >= 4 is 5.97 Å². The number of esters is 1. The average Bonchev–Trinajstić information content (AvgIpc) is 2.90. The van der Waals surface area contributed by atoms with Crippen molar-refractivity contribution in [2.75, 3.05) is 13.7 Å². The van der Waals surface area contributed by atoms with Gasteiger partial charge in [-0.05, 0) is 84.9 Å². The summed E-state index contributed by atoms with van der Waals surface area (Å²) in [6.45, 7) is 17.1. The van der Waals surface area contributed by atoms with Crippen molar-refractivity contribution in [1.82, 2.24) is 0 Å². The second-order valence-electron chi connectivity index (χ2n) is 15.2. The maximum absolute atomic E-state index is 13.4. The molecule has 5 rings (SSSR count). The number of hydrogen-bond acceptors (Lipinski definition) is 6. The molecule has 0 spiro atoms. The molecule has 6 nitrogen and oxygen atoms in total. The van der Waals surface area contributed by atoms with E-state index in [1.165, 1.54) is 12.7 Å². The van der Waals surface area contributed by atoms with E-state index in [4.69, 9.17) is 4.74 Å². The summed E-state index contributed by atoms with van der Waals surface area (Å²) in [5.41, 5.74) is -0.993. The molecule has 4 saturated carbocycles. The van der Waals surface area contributed by atoms with Gasteiger partial charge in [0.05, 0.1) is 37.4 Å². The van der Waals surface area contributed by atoms with Gasteiger partial charge in [-0.1, -0.05) is 67.0 Å². The fourth-order valence-corrected chi connectivity index (χ4v) is 10.9. The summed E-state index contributed by atoms with van der Waals surface area (Å²) in [6, 6.07) is 0. The van der Waals surface area contributed by atoms with E-state index in [1.54, 1.807) is 0 Å². The minimum Gasteiger partial charge on any atom is -0.469 e. The number of carbonyl (C=O) groups excluding carboxylic acids is 1. The van der Waals surface area contributed by atoms with Gasteiger partial charge < -0.3 is 25.2 Å². The molecule has 0 aromatic carbocycles. The summed E-state index contributed by atoms with van der Waals surface area (Å²) >= 11 is 0. The minimum atomic E-state index is -0.930. The topological polar surface area (TPSA) is 107 Å². The van der Waals surface area contributed by atoms with Crippen molar-refractivity contribution in [3.63, 3.8) is 0 Å². The van der Waals surface area contributed by atoms with Gasteiger partial charge in [-0.3, -0.25) is 4.79 Å². The summed E-state index contributed by atoms with van der Waals surface area (Å²) in [7, 11) is 1.48. The van der Waals surface area contributed by atoms with Gasteiger partial charge in [-0.15, -0.1) is 0 Å². The van der Waals surface area contributed by atoms with Crippen LogP contribution < -0.4 is 0 Å². The van der Waals surface area contributed by atoms with E-state index < -0.39 is 29.1 Å². The molecule has 0 saturated heterocycles. The SMILES string of the molecule is CC.COC(=O)[C@]12CCC(C)(C)[C@@H](O)C1C1=CCC3[C@@]4(C)C[C@@H](O)[C@H](O)[C@](C)(CO)C4CC[C@@]3(C)[C@]1(C)CC2. The highest BCUT2D eigenvalue weighted by atomic mass is 16.5. The predicted molar refractivity (Wildman–Crippen MR) is 153 cm³/mol. The van der Waals surface area contributed by atoms with Crippen LogP contribution in [0.3, 0.4) is 0 Å². The fourth-order valence-electron chi connectivity index (χ4n) is 10.9. The maximum atomic E-state index is 13.4. The Labute approximate surface area is 236 Å². The highest BCUT2D eigenvalue weighted by Crippen LogP contribution is 2.75. The van der Waals surface area contributed by atoms with E-state index >= 15 is 0 Å². The lowest BCUT2D eigenvalue weighted by Crippen LogP contribution is -2.69. The monoisotopic (exact) mass is 548 g/mol. The number of fused-ring (bicyclic) bond motifs is 7. The van der Waals surface area contributed by atoms with E-state index in [0.29, 0.717) is 12.8 Å². The molecule has 5 aliphatic rings. The van der Waals surface area contributed by atoms with Gasteiger partial charge in [-0.2, -0.15) is 0 Å². The number of ether oxygens (including phenoxy) is 1. The molecular weight excluding hydrogens is 492 g/mol. The van der Waals surface area contributed by atoms with Crippen molar-refractivity contribution in [3.8, 4) is 0 Å². The number of aliphatic hydroxyl groups excluding tert-OH is 4. The lowest BCUT2D eigenvalue weighted by molar-refractivity contribution is -0.245. The standard InChI is InChI=1S/C31H50O6.C2H6/c1-26(2)12-14-31(25(36)37-7)15-13-29(5)18(22(31)24(26)35)8-9-21-27(3)16-19(33)23(34)28(4,17-32)20(27)10-11-30(21,29)6;1-2/h8,19-24,32-35H,9-17H2,1-7H3;1-2H3/t19-,20?,21?,22?,23+,24+,27+,28-,29-,30-,31+;/m1./s1. The van der Waals surface area contributed by atoms with Gasteiger partial charge in [0, 0.05) is 11.3 Å². The van der Waals surface area contributed by atoms with Crippen molar-refractivity contribution in [2.45, 2.75) is 125 Å². The van der Waals surface area contributed by atoms with Gasteiger partial charge in [0.25, 0.3) is 0 Å². The minimum absolute atomic E-state index is 0.0930. The van der Waals surface area contributed by atoms with E-state index in [0.717, 1.165) is 38.5 Å². The van der Waals surface area contributed by atoms with Crippen molar-refractivity contribution in [1.29, 1.82) is 0 Å². The zero-order valence-corrected chi connectivity index (χ0v) is 26.0. The van der Waals surface area contributed by atoms with E-state index in [9.17, 15) is 25.2 Å². The molecule has 0 aromatic heterocycles. The van der Waals surface area contributed by atoms with Gasteiger partial charge in [0.2, 0.25) is 0 Å². The molecule has 0 bridgehead atoms. The van der Waals surface area contributed by atoms with Crippen LogP contribution in [0.2, 0.25) is 0 Å². The first-order valence-electron chi connectivity index (χ1n) is 15.5. The van der Waals surface area contributed by atoms with Gasteiger partial charge in [0.1, 0.15) is 0 Å². The largest absolute Gasteiger partial charge is 0.469 e. The number of methoxy groups -OCH3 is 1. The molecule has 224 valence electrons. The maximum Gasteiger partial charge on any atom is 0.312 e. The first-order valence-corrected chi connectivity index (χ1v) is 15.5. The van der Waals surface area contributed by atoms with Crippen molar-refractivity contribution in [3.05, 3.63) is 11.6 Å². The van der Waals surface area contributed by atoms with E-state index in [1.807, 2.05) is 20.8 Å². The van der Waals surface area contributed by atoms with Gasteiger partial charge >= 0.3 is 5.97 Å². The first-order chi connectivity index (χ1) is 18.1. The van der Waals surface area contributed by atoms with E-state index in [2.05, 4.69) is 40.7 Å². The fraction of sp³-hybridized carbons (Fsp3) is 0.909. The van der Waals surface area contributed by atoms with Crippen LogP contribution in [0.15, 0.2) is 11.6 Å². The molecule has 4 fully saturated rings. The Bertz CT molecular complexity index is 991. The Balaban J connectivity index is 0.00000172. The number of allylic oxidation sites excluding steroid dienone is 1. The second-order valence-corrected chi connectivity index (χ2v) is 15.2. The number of aliphatic hydroxyl groups is 4. The Morgan fingerprint density at radius 2 is 1.54 bits per heavy atom. The second kappa shape index (κ2) is 9.81. The van der Waals surface area contributed by atoms with Crippen LogP contribution in [-0.2, 0) is 9.53 Å². The third-order valence-electron chi connectivity index (χ3n) is 13.5. The Hall–Kier alpha value is -0.950. The average molecular weight is 549 g/mol. The quantitative estimate of drug-likeness (QED) is 0.277. The van der Waals surface area contributed by atoms with Crippen LogP contribution in [0.4, 0.5) is 0 Å². The van der Waals surface area contributed by atoms with Gasteiger partial charge in [0.15, 0.2) is 0 Å². The third-order valence-corrected chi connectivity index (χ3v) is 13.5. The highest BCUT2D eigenvalue weighted by molar-refractivity contribution is 5.79. The smallest absolute Gasteiger partial charge is 0.312 e. The lowest BCUT2D eigenvalue weighted by Gasteiger charge is -2.71.